The Labute approximate surface area is 159 Å². The van der Waals surface area contributed by atoms with Crippen LogP contribution in [-0.2, 0) is 5.54 Å². The van der Waals surface area contributed by atoms with Crippen molar-refractivity contribution in [2.24, 2.45) is 11.0 Å². The second-order valence-electron chi connectivity index (χ2n) is 6.99. The Morgan fingerprint density at radius 1 is 1.30 bits per heavy atom. The molecule has 0 atom stereocenters. The fourth-order valence-corrected chi connectivity index (χ4v) is 4.88. The van der Waals surface area contributed by atoms with Crippen molar-refractivity contribution in [3.8, 4) is 0 Å². The molecule has 136 valence electrons. The molecule has 1 fully saturated rings. The molecular formula is C19H18N6OS. The number of azide groups is 1. The molecule has 1 saturated carbocycles. The number of nitrogen functional groups attached to an aromatic ring is 1. The van der Waals surface area contributed by atoms with Gasteiger partial charge in [-0.25, -0.2) is 0 Å². The smallest absolute Gasteiger partial charge is 0.178 e. The Balaban J connectivity index is 1.66. The van der Waals surface area contributed by atoms with Gasteiger partial charge in [0.25, 0.3) is 0 Å². The maximum absolute atomic E-state index is 13.1. The lowest BCUT2D eigenvalue weighted by Gasteiger charge is -2.43. The van der Waals surface area contributed by atoms with Crippen molar-refractivity contribution in [2.75, 3.05) is 5.73 Å². The molecule has 7 nitrogen and oxygen atoms in total. The van der Waals surface area contributed by atoms with Gasteiger partial charge in [0.05, 0.1) is 21.8 Å². The molecular weight excluding hydrogens is 360 g/mol. The summed E-state index contributed by atoms with van der Waals surface area (Å²) in [5.41, 5.74) is 17.8. The van der Waals surface area contributed by atoms with Gasteiger partial charge in [-0.2, -0.15) is 5.10 Å². The van der Waals surface area contributed by atoms with Crippen LogP contribution in [0.4, 0.5) is 5.69 Å². The number of anilines is 1. The summed E-state index contributed by atoms with van der Waals surface area (Å²) in [6.45, 7) is 3.81. The van der Waals surface area contributed by atoms with Crippen LogP contribution in [0.2, 0.25) is 0 Å². The predicted molar refractivity (Wildman–Crippen MR) is 106 cm³/mol. The molecule has 0 radical (unpaired) electrons. The molecule has 3 aromatic rings. The molecule has 0 saturated heterocycles. The van der Waals surface area contributed by atoms with Crippen molar-refractivity contribution in [3.63, 3.8) is 0 Å². The van der Waals surface area contributed by atoms with E-state index in [-0.39, 0.29) is 11.7 Å². The summed E-state index contributed by atoms with van der Waals surface area (Å²) in [4.78, 5) is 17.3. The van der Waals surface area contributed by atoms with Crippen molar-refractivity contribution in [2.45, 2.75) is 32.2 Å². The molecule has 1 aromatic carbocycles. The number of aryl methyl sites for hydroxylation is 2. The summed E-state index contributed by atoms with van der Waals surface area (Å²) in [5, 5.41) is 13.2. The van der Waals surface area contributed by atoms with Crippen LogP contribution in [0.5, 0.6) is 0 Å². The molecule has 2 heterocycles. The molecule has 27 heavy (non-hydrogen) atoms. The minimum Gasteiger partial charge on any atom is -0.397 e. The van der Waals surface area contributed by atoms with E-state index in [4.69, 9.17) is 11.3 Å². The molecule has 4 rings (SSSR count). The van der Waals surface area contributed by atoms with Gasteiger partial charge in [-0.3, -0.25) is 4.79 Å². The number of aromatic nitrogens is 2. The Morgan fingerprint density at radius 2 is 2.00 bits per heavy atom. The number of carbonyl (C=O) groups excluding carboxylic acids is 1. The average molecular weight is 378 g/mol. The minimum absolute atomic E-state index is 0.00718. The van der Waals surface area contributed by atoms with Gasteiger partial charge in [-0.1, -0.05) is 35.4 Å². The highest BCUT2D eigenvalue weighted by atomic mass is 32.1. The third kappa shape index (κ3) is 2.65. The van der Waals surface area contributed by atoms with Crippen LogP contribution in [0.15, 0.2) is 35.4 Å². The second kappa shape index (κ2) is 6.33. The maximum Gasteiger partial charge on any atom is 0.178 e. The summed E-state index contributed by atoms with van der Waals surface area (Å²) < 4.78 is 0. The zero-order chi connectivity index (χ0) is 19.2. The van der Waals surface area contributed by atoms with Crippen LogP contribution in [-0.4, -0.2) is 16.0 Å². The lowest BCUT2D eigenvalue weighted by Crippen LogP contribution is -2.43. The summed E-state index contributed by atoms with van der Waals surface area (Å²) >= 11 is 1.29. The highest BCUT2D eigenvalue weighted by Crippen LogP contribution is 2.51. The van der Waals surface area contributed by atoms with Gasteiger partial charge < -0.3 is 5.73 Å². The van der Waals surface area contributed by atoms with Gasteiger partial charge >= 0.3 is 0 Å². The minimum atomic E-state index is -0.659. The van der Waals surface area contributed by atoms with Crippen LogP contribution in [0.25, 0.3) is 20.7 Å². The predicted octanol–water partition coefficient (Wildman–Crippen LogP) is 4.69. The number of Topliss-reactive ketones (excluding diaryl/α,β-unsaturated/α-hetero) is 1. The number of hydrogen-bond acceptors (Lipinski definition) is 6. The Kier molecular flexibility index (Phi) is 4.09. The van der Waals surface area contributed by atoms with Crippen LogP contribution in [0, 0.1) is 19.8 Å². The molecule has 0 unspecified atom stereocenters. The number of nitrogens with zero attached hydrogens (tertiary/aromatic N) is 5. The fourth-order valence-electron chi connectivity index (χ4n) is 3.76. The number of thiophene rings is 1. The third-order valence-corrected chi connectivity index (χ3v) is 6.55. The van der Waals surface area contributed by atoms with Gasteiger partial charge in [0.1, 0.15) is 4.83 Å². The Hall–Kier alpha value is -2.96. The number of fused-ring (bicyclic) bond motifs is 1. The summed E-state index contributed by atoms with van der Waals surface area (Å²) in [5.74, 6) is -0.229. The molecule has 0 aliphatic heterocycles. The summed E-state index contributed by atoms with van der Waals surface area (Å²) in [6.07, 6.45) is 0.967. The molecule has 2 N–H and O–H groups in total. The highest BCUT2D eigenvalue weighted by Gasteiger charge is 2.48. The van der Waals surface area contributed by atoms with E-state index in [9.17, 15) is 4.79 Å². The van der Waals surface area contributed by atoms with E-state index >= 15 is 0 Å². The summed E-state index contributed by atoms with van der Waals surface area (Å²) in [6, 6.07) is 9.60. The first-order chi connectivity index (χ1) is 13.0. The Morgan fingerprint density at radius 3 is 2.67 bits per heavy atom. The summed E-state index contributed by atoms with van der Waals surface area (Å²) in [7, 11) is 0. The van der Waals surface area contributed by atoms with E-state index < -0.39 is 5.54 Å². The van der Waals surface area contributed by atoms with Crippen LogP contribution in [0.1, 0.15) is 39.3 Å². The monoisotopic (exact) mass is 378 g/mol. The van der Waals surface area contributed by atoms with E-state index in [1.807, 2.05) is 44.2 Å². The number of hydrogen-bond donors (Lipinski definition) is 1. The largest absolute Gasteiger partial charge is 0.397 e. The van der Waals surface area contributed by atoms with E-state index in [0.29, 0.717) is 28.2 Å². The number of nitrogens with two attached hydrogens (primary N) is 1. The first-order valence-electron chi connectivity index (χ1n) is 8.64. The zero-order valence-electron chi connectivity index (χ0n) is 15.0. The quantitative estimate of drug-likeness (QED) is 0.306. The van der Waals surface area contributed by atoms with Crippen LogP contribution < -0.4 is 5.73 Å². The molecule has 1 aliphatic carbocycles. The molecule has 0 amide bonds. The second-order valence-corrected chi connectivity index (χ2v) is 7.99. The van der Waals surface area contributed by atoms with E-state index in [1.54, 1.807) is 0 Å². The third-order valence-electron chi connectivity index (χ3n) is 5.45. The van der Waals surface area contributed by atoms with Gasteiger partial charge in [-0.05, 0) is 43.3 Å². The van der Waals surface area contributed by atoms with Crippen molar-refractivity contribution >= 4 is 33.0 Å². The first kappa shape index (κ1) is 17.5. The highest BCUT2D eigenvalue weighted by molar-refractivity contribution is 7.21. The van der Waals surface area contributed by atoms with Gasteiger partial charge in [0.2, 0.25) is 0 Å². The lowest BCUT2D eigenvalue weighted by molar-refractivity contribution is 0.0720. The Bertz CT molecular complexity index is 1090. The first-order valence-corrected chi connectivity index (χ1v) is 9.46. The molecule has 8 heteroatoms. The molecule has 2 aromatic heterocycles. The van der Waals surface area contributed by atoms with Gasteiger partial charge in [-0.15, -0.1) is 16.4 Å². The average Bonchev–Trinajstić information content (AvgIpc) is 2.98. The van der Waals surface area contributed by atoms with E-state index in [1.165, 1.54) is 11.3 Å². The number of carbonyl (C=O) groups is 1. The van der Waals surface area contributed by atoms with Gasteiger partial charge in [0, 0.05) is 16.2 Å². The standard InChI is InChI=1S/C19H18N6OS/c1-10-11(2)22-23-18-14(10)15(20)17(27-18)16(26)12-8-19(9-12,24-25-21)13-6-4-3-5-7-13/h3-7,12H,8-9,20H2,1-2H3. The zero-order valence-corrected chi connectivity index (χ0v) is 15.8. The van der Waals surface area contributed by atoms with Gasteiger partial charge in [0.15, 0.2) is 5.78 Å². The van der Waals surface area contributed by atoms with Crippen molar-refractivity contribution in [1.29, 1.82) is 0 Å². The number of ketones is 1. The van der Waals surface area contributed by atoms with Crippen LogP contribution in [0.3, 0.4) is 0 Å². The SMILES string of the molecule is Cc1nnc2sc(C(=O)C3CC(N=[N+]=[N-])(c4ccccc4)C3)c(N)c2c1C. The molecule has 1 aliphatic rings. The molecule has 0 spiro atoms. The normalized spacial score (nSPS) is 21.5. The van der Waals surface area contributed by atoms with E-state index in [0.717, 1.165) is 22.2 Å². The van der Waals surface area contributed by atoms with Crippen molar-refractivity contribution < 1.29 is 4.79 Å². The number of rotatable bonds is 4. The maximum atomic E-state index is 13.1. The fraction of sp³-hybridized carbons (Fsp3) is 0.316. The molecule has 0 bridgehead atoms. The van der Waals surface area contributed by atoms with Crippen molar-refractivity contribution in [1.82, 2.24) is 10.2 Å². The lowest BCUT2D eigenvalue weighted by atomic mass is 9.63. The van der Waals surface area contributed by atoms with E-state index in [2.05, 4.69) is 20.2 Å². The topological polar surface area (TPSA) is 118 Å². The van der Waals surface area contributed by atoms with Crippen molar-refractivity contribution in [3.05, 3.63) is 62.5 Å². The number of benzene rings is 1. The van der Waals surface area contributed by atoms with Crippen LogP contribution >= 0.6 is 11.3 Å².